The molecule has 0 aliphatic carbocycles. The molecule has 0 radical (unpaired) electrons. The molecular weight excluding hydrogens is 306 g/mol. The van der Waals surface area contributed by atoms with Crippen molar-refractivity contribution < 1.29 is 22.4 Å². The van der Waals surface area contributed by atoms with Crippen molar-refractivity contribution in [3.05, 3.63) is 33.8 Å². The Bertz CT molecular complexity index is 460. The van der Waals surface area contributed by atoms with E-state index < -0.39 is 36.6 Å². The van der Waals surface area contributed by atoms with Crippen molar-refractivity contribution in [1.29, 1.82) is 0 Å². The minimum Gasteiger partial charge on any atom is -0.326 e. The van der Waals surface area contributed by atoms with Gasteiger partial charge in [-0.05, 0) is 28.1 Å². The second-order valence-corrected chi connectivity index (χ2v) is 4.56. The van der Waals surface area contributed by atoms with Gasteiger partial charge in [0, 0.05) is 5.56 Å². The first-order valence-corrected chi connectivity index (χ1v) is 5.41. The first-order valence-electron chi connectivity index (χ1n) is 4.62. The summed E-state index contributed by atoms with van der Waals surface area (Å²) < 4.78 is 51.0. The first-order chi connectivity index (χ1) is 7.80. The largest absolute Gasteiger partial charge is 0.326 e. The van der Waals surface area contributed by atoms with Crippen LogP contribution in [0, 0.1) is 11.6 Å². The molecule has 1 aliphatic rings. The first kappa shape index (κ1) is 12.3. The number of carbonyl (C=O) groups excluding carboxylic acids is 1. The van der Waals surface area contributed by atoms with Gasteiger partial charge in [-0.1, -0.05) is 0 Å². The van der Waals surface area contributed by atoms with Gasteiger partial charge in [0.25, 0.3) is 11.8 Å². The summed E-state index contributed by atoms with van der Waals surface area (Å²) in [5.74, 6) is -5.59. The average Bonchev–Trinajstić information content (AvgIpc) is 2.20. The fourth-order valence-electron chi connectivity index (χ4n) is 1.52. The highest BCUT2D eigenvalue weighted by atomic mass is 79.9. The van der Waals surface area contributed by atoms with Gasteiger partial charge in [-0.2, -0.15) is 0 Å². The highest BCUT2D eigenvalue weighted by Crippen LogP contribution is 2.29. The number of benzene rings is 1. The molecule has 0 atom stereocenters. The van der Waals surface area contributed by atoms with E-state index in [2.05, 4.69) is 15.9 Å². The van der Waals surface area contributed by atoms with E-state index in [-0.39, 0.29) is 10.0 Å². The zero-order valence-electron chi connectivity index (χ0n) is 8.31. The van der Waals surface area contributed by atoms with Gasteiger partial charge in [-0.3, -0.25) is 4.79 Å². The second-order valence-electron chi connectivity index (χ2n) is 3.77. The van der Waals surface area contributed by atoms with Crippen LogP contribution in [0.15, 0.2) is 16.6 Å². The van der Waals surface area contributed by atoms with Crippen LogP contribution in [0.5, 0.6) is 0 Å². The number of hydrogen-bond donors (Lipinski definition) is 0. The van der Waals surface area contributed by atoms with Gasteiger partial charge in [0.2, 0.25) is 0 Å². The van der Waals surface area contributed by atoms with Crippen LogP contribution in [0.2, 0.25) is 0 Å². The van der Waals surface area contributed by atoms with Gasteiger partial charge in [-0.25, -0.2) is 17.6 Å². The predicted octanol–water partition coefficient (Wildman–Crippen LogP) is 2.82. The molecule has 1 amide bonds. The third-order valence-electron chi connectivity index (χ3n) is 2.36. The lowest BCUT2D eigenvalue weighted by atomic mass is 10.1. The molecule has 1 aromatic carbocycles. The van der Waals surface area contributed by atoms with E-state index in [1.54, 1.807) is 0 Å². The van der Waals surface area contributed by atoms with Crippen LogP contribution in [0.3, 0.4) is 0 Å². The summed E-state index contributed by atoms with van der Waals surface area (Å²) >= 11 is 2.65. The smallest absolute Gasteiger partial charge is 0.282 e. The molecule has 1 heterocycles. The Morgan fingerprint density at radius 1 is 1.24 bits per heavy atom. The van der Waals surface area contributed by atoms with Crippen LogP contribution in [-0.4, -0.2) is 29.8 Å². The average molecular weight is 312 g/mol. The fraction of sp³-hybridized carbons (Fsp3) is 0.300. The van der Waals surface area contributed by atoms with Crippen LogP contribution in [-0.2, 0) is 0 Å². The van der Waals surface area contributed by atoms with Gasteiger partial charge in [0.15, 0.2) is 0 Å². The second kappa shape index (κ2) is 3.97. The van der Waals surface area contributed by atoms with E-state index in [4.69, 9.17) is 0 Å². The standard InChI is InChI=1S/C10H6BrF4NO/c11-8-6(12)1-5(2-7(8)13)9(17)16-3-10(14,15)4-16/h1-2H,3-4H2. The van der Waals surface area contributed by atoms with E-state index in [0.717, 1.165) is 17.0 Å². The van der Waals surface area contributed by atoms with Crippen molar-refractivity contribution in [2.45, 2.75) is 5.92 Å². The Morgan fingerprint density at radius 3 is 2.12 bits per heavy atom. The molecule has 1 aliphatic heterocycles. The quantitative estimate of drug-likeness (QED) is 0.577. The molecule has 1 aromatic rings. The molecule has 0 unspecified atom stereocenters. The van der Waals surface area contributed by atoms with Crippen LogP contribution in [0.25, 0.3) is 0 Å². The lowest BCUT2D eigenvalue weighted by Crippen LogP contribution is -2.58. The zero-order valence-corrected chi connectivity index (χ0v) is 9.90. The number of alkyl halides is 2. The molecule has 2 rings (SSSR count). The Hall–Kier alpha value is -1.11. The van der Waals surface area contributed by atoms with Crippen LogP contribution in [0.4, 0.5) is 17.6 Å². The monoisotopic (exact) mass is 311 g/mol. The van der Waals surface area contributed by atoms with Gasteiger partial charge >= 0.3 is 0 Å². The van der Waals surface area contributed by atoms with Crippen molar-refractivity contribution in [1.82, 2.24) is 4.90 Å². The fourth-order valence-corrected chi connectivity index (χ4v) is 1.75. The lowest BCUT2D eigenvalue weighted by Gasteiger charge is -2.38. The van der Waals surface area contributed by atoms with E-state index >= 15 is 0 Å². The summed E-state index contributed by atoms with van der Waals surface area (Å²) in [6, 6.07) is 1.62. The van der Waals surface area contributed by atoms with E-state index in [1.807, 2.05) is 0 Å². The molecule has 0 bridgehead atoms. The number of hydrogen-bond acceptors (Lipinski definition) is 1. The lowest BCUT2D eigenvalue weighted by molar-refractivity contribution is -0.113. The number of likely N-dealkylation sites (tertiary alicyclic amines) is 1. The summed E-state index contributed by atoms with van der Waals surface area (Å²) in [4.78, 5) is 12.4. The third-order valence-corrected chi connectivity index (χ3v) is 3.12. The van der Waals surface area contributed by atoms with E-state index in [0.29, 0.717) is 0 Å². The Labute approximate surface area is 102 Å². The number of nitrogens with zero attached hydrogens (tertiary/aromatic N) is 1. The van der Waals surface area contributed by atoms with Gasteiger partial charge < -0.3 is 4.90 Å². The van der Waals surface area contributed by atoms with Gasteiger partial charge in [0.1, 0.15) is 11.6 Å². The van der Waals surface area contributed by atoms with Crippen molar-refractivity contribution in [3.8, 4) is 0 Å². The molecule has 1 fully saturated rings. The minimum atomic E-state index is -2.90. The molecule has 0 aromatic heterocycles. The van der Waals surface area contributed by atoms with Crippen LogP contribution >= 0.6 is 15.9 Å². The summed E-state index contributed by atoms with van der Waals surface area (Å²) in [7, 11) is 0. The zero-order chi connectivity index (χ0) is 12.8. The molecule has 17 heavy (non-hydrogen) atoms. The van der Waals surface area contributed by atoms with E-state index in [1.165, 1.54) is 0 Å². The van der Waals surface area contributed by atoms with E-state index in [9.17, 15) is 22.4 Å². The molecule has 2 nitrogen and oxygen atoms in total. The predicted molar refractivity (Wildman–Crippen MR) is 54.9 cm³/mol. The van der Waals surface area contributed by atoms with Crippen LogP contribution < -0.4 is 0 Å². The number of carbonyl (C=O) groups is 1. The molecule has 0 spiro atoms. The summed E-state index contributed by atoms with van der Waals surface area (Å²) in [5.41, 5.74) is -0.279. The minimum absolute atomic E-state index is 0.279. The highest BCUT2D eigenvalue weighted by Gasteiger charge is 2.46. The maximum atomic E-state index is 13.1. The maximum Gasteiger partial charge on any atom is 0.282 e. The summed E-state index contributed by atoms with van der Waals surface area (Å²) in [6.45, 7) is -1.43. The van der Waals surface area contributed by atoms with Gasteiger partial charge in [0.05, 0.1) is 17.6 Å². The molecule has 0 N–H and O–H groups in total. The highest BCUT2D eigenvalue weighted by molar-refractivity contribution is 9.10. The number of halogens is 5. The Morgan fingerprint density at radius 2 is 1.71 bits per heavy atom. The van der Waals surface area contributed by atoms with Crippen molar-refractivity contribution in [3.63, 3.8) is 0 Å². The SMILES string of the molecule is O=C(c1cc(F)c(Br)c(F)c1)N1CC(F)(F)C1. The molecule has 92 valence electrons. The number of rotatable bonds is 1. The topological polar surface area (TPSA) is 20.3 Å². The van der Waals surface area contributed by atoms with Crippen molar-refractivity contribution in [2.75, 3.05) is 13.1 Å². The normalized spacial score (nSPS) is 17.8. The molecule has 0 saturated carbocycles. The number of amides is 1. The van der Waals surface area contributed by atoms with Crippen molar-refractivity contribution in [2.24, 2.45) is 0 Å². The van der Waals surface area contributed by atoms with Crippen LogP contribution in [0.1, 0.15) is 10.4 Å². The Balaban J connectivity index is 2.21. The van der Waals surface area contributed by atoms with Crippen molar-refractivity contribution >= 4 is 21.8 Å². The molecular formula is C10H6BrF4NO. The van der Waals surface area contributed by atoms with Gasteiger partial charge in [-0.15, -0.1) is 0 Å². The summed E-state index contributed by atoms with van der Waals surface area (Å²) in [6.07, 6.45) is 0. The summed E-state index contributed by atoms with van der Waals surface area (Å²) in [5, 5.41) is 0. The maximum absolute atomic E-state index is 13.1. The molecule has 1 saturated heterocycles. The molecule has 7 heteroatoms. The Kier molecular flexibility index (Phi) is 2.89. The third kappa shape index (κ3) is 2.29.